The average molecular weight is 278 g/mol. The lowest BCUT2D eigenvalue weighted by Crippen LogP contribution is -2.17. The molecule has 0 aliphatic carbocycles. The molecule has 0 saturated carbocycles. The van der Waals surface area contributed by atoms with Gasteiger partial charge in [-0.25, -0.2) is 9.97 Å². The first-order valence-electron chi connectivity index (χ1n) is 5.61. The van der Waals surface area contributed by atoms with Crippen LogP contribution in [-0.4, -0.2) is 37.3 Å². The Morgan fingerprint density at radius 2 is 1.95 bits per heavy atom. The molecule has 2 N–H and O–H groups in total. The van der Waals surface area contributed by atoms with E-state index >= 15 is 0 Å². The van der Waals surface area contributed by atoms with Crippen LogP contribution in [0.4, 0.5) is 5.95 Å². The number of hydrogen-bond donors (Lipinski definition) is 2. The molecule has 0 atom stereocenters. The van der Waals surface area contributed by atoms with Crippen molar-refractivity contribution >= 4 is 23.6 Å². The molecular formula is C11H14N6OS. The van der Waals surface area contributed by atoms with E-state index in [9.17, 15) is 4.79 Å². The fourth-order valence-electron chi connectivity index (χ4n) is 1.65. The second-order valence-corrected chi connectivity index (χ2v) is 4.73. The van der Waals surface area contributed by atoms with Crippen LogP contribution in [0.5, 0.6) is 0 Å². The van der Waals surface area contributed by atoms with E-state index in [2.05, 4.69) is 30.5 Å². The van der Waals surface area contributed by atoms with E-state index in [-0.39, 0.29) is 11.9 Å². The van der Waals surface area contributed by atoms with Crippen LogP contribution in [0, 0.1) is 20.8 Å². The van der Waals surface area contributed by atoms with Crippen LogP contribution >= 0.6 is 11.8 Å². The molecule has 0 unspecified atom stereocenters. The van der Waals surface area contributed by atoms with Crippen LogP contribution in [0.3, 0.4) is 0 Å². The summed E-state index contributed by atoms with van der Waals surface area (Å²) < 4.78 is 0. The van der Waals surface area contributed by atoms with Gasteiger partial charge in [0.05, 0.1) is 11.3 Å². The molecule has 0 saturated heterocycles. The molecule has 2 heterocycles. The van der Waals surface area contributed by atoms with Crippen molar-refractivity contribution in [2.45, 2.75) is 25.8 Å². The molecule has 0 aromatic carbocycles. The van der Waals surface area contributed by atoms with Crippen molar-refractivity contribution < 1.29 is 4.79 Å². The summed E-state index contributed by atoms with van der Waals surface area (Å²) >= 11 is 1.41. The third kappa shape index (κ3) is 2.90. The maximum atomic E-state index is 12.2. The number of aryl methyl sites for hydroxylation is 3. The minimum absolute atomic E-state index is 0.245. The Morgan fingerprint density at radius 3 is 2.53 bits per heavy atom. The Balaban J connectivity index is 2.33. The monoisotopic (exact) mass is 278 g/mol. The number of thioether (sulfide) groups is 1. The van der Waals surface area contributed by atoms with E-state index in [4.69, 9.17) is 0 Å². The molecule has 0 radical (unpaired) electrons. The molecule has 0 bridgehead atoms. The number of hydrogen-bond acceptors (Lipinski definition) is 6. The first-order chi connectivity index (χ1) is 9.01. The smallest absolute Gasteiger partial charge is 0.262 e. The van der Waals surface area contributed by atoms with Crippen molar-refractivity contribution in [1.29, 1.82) is 0 Å². The highest BCUT2D eigenvalue weighted by Crippen LogP contribution is 2.21. The zero-order valence-corrected chi connectivity index (χ0v) is 11.9. The molecule has 0 aliphatic rings. The van der Waals surface area contributed by atoms with Gasteiger partial charge in [-0.05, 0) is 27.0 Å². The third-order valence-corrected chi connectivity index (χ3v) is 3.09. The number of nitrogens with one attached hydrogen (secondary N) is 2. The number of anilines is 1. The summed E-state index contributed by atoms with van der Waals surface area (Å²) in [5.74, 6) is 1.22. The summed E-state index contributed by atoms with van der Waals surface area (Å²) in [6.45, 7) is 5.34. The highest BCUT2D eigenvalue weighted by Gasteiger charge is 2.18. The molecule has 19 heavy (non-hydrogen) atoms. The highest BCUT2D eigenvalue weighted by molar-refractivity contribution is 7.98. The molecular weight excluding hydrogens is 264 g/mol. The van der Waals surface area contributed by atoms with Gasteiger partial charge in [0.1, 0.15) is 16.7 Å². The van der Waals surface area contributed by atoms with Gasteiger partial charge in [0, 0.05) is 0 Å². The van der Waals surface area contributed by atoms with Crippen LogP contribution in [0.2, 0.25) is 0 Å². The van der Waals surface area contributed by atoms with Crippen molar-refractivity contribution in [3.05, 3.63) is 22.9 Å². The zero-order chi connectivity index (χ0) is 14.0. The molecule has 100 valence electrons. The summed E-state index contributed by atoms with van der Waals surface area (Å²) in [6, 6.07) is 0. The minimum Gasteiger partial charge on any atom is -0.289 e. The summed E-state index contributed by atoms with van der Waals surface area (Å²) in [4.78, 5) is 24.7. The van der Waals surface area contributed by atoms with Crippen LogP contribution in [0.25, 0.3) is 0 Å². The lowest BCUT2D eigenvalue weighted by Gasteiger charge is -2.09. The summed E-state index contributed by atoms with van der Waals surface area (Å²) in [7, 11) is 0. The van der Waals surface area contributed by atoms with Crippen LogP contribution < -0.4 is 5.32 Å². The molecule has 2 rings (SSSR count). The fourth-order valence-corrected chi connectivity index (χ4v) is 2.32. The van der Waals surface area contributed by atoms with E-state index in [1.54, 1.807) is 20.8 Å². The van der Waals surface area contributed by atoms with Gasteiger partial charge >= 0.3 is 0 Å². The second-order valence-electron chi connectivity index (χ2n) is 3.94. The SMILES string of the molecule is CSc1nc(C)nc(C)c1C(=O)Nc1n[nH]c(C)n1. The average Bonchev–Trinajstić information content (AvgIpc) is 2.73. The van der Waals surface area contributed by atoms with Crippen LogP contribution in [0.1, 0.15) is 27.7 Å². The minimum atomic E-state index is -0.305. The van der Waals surface area contributed by atoms with Crippen LogP contribution in [-0.2, 0) is 0 Å². The molecule has 8 heteroatoms. The Bertz CT molecular complexity index is 624. The number of rotatable bonds is 3. The quantitative estimate of drug-likeness (QED) is 0.652. The number of nitrogens with zero attached hydrogens (tertiary/aromatic N) is 4. The van der Waals surface area contributed by atoms with Gasteiger partial charge in [0.15, 0.2) is 0 Å². The Kier molecular flexibility index (Phi) is 3.79. The van der Waals surface area contributed by atoms with Gasteiger partial charge in [-0.2, -0.15) is 4.98 Å². The first-order valence-corrected chi connectivity index (χ1v) is 6.83. The van der Waals surface area contributed by atoms with Crippen molar-refractivity contribution in [3.8, 4) is 0 Å². The Morgan fingerprint density at radius 1 is 1.21 bits per heavy atom. The van der Waals surface area contributed by atoms with Gasteiger partial charge in [0.25, 0.3) is 5.91 Å². The summed E-state index contributed by atoms with van der Waals surface area (Å²) in [5.41, 5.74) is 1.10. The Hall–Kier alpha value is -1.96. The van der Waals surface area contributed by atoms with E-state index in [1.165, 1.54) is 11.8 Å². The molecule has 0 spiro atoms. The standard InChI is InChI=1S/C11H14N6OS/c1-5-8(10(19-4)13-6(2)12-5)9(18)15-11-14-7(3)16-17-11/h1-4H3,(H2,14,15,16,17,18). The predicted molar refractivity (Wildman–Crippen MR) is 72.4 cm³/mol. The number of aromatic nitrogens is 5. The van der Waals surface area contributed by atoms with Gasteiger partial charge in [-0.1, -0.05) is 0 Å². The number of carbonyl (C=O) groups is 1. The molecule has 2 aromatic rings. The number of carbonyl (C=O) groups excluding carboxylic acids is 1. The highest BCUT2D eigenvalue weighted by atomic mass is 32.2. The normalized spacial score (nSPS) is 10.5. The second kappa shape index (κ2) is 5.35. The van der Waals surface area contributed by atoms with Crippen LogP contribution in [0.15, 0.2) is 5.03 Å². The van der Waals surface area contributed by atoms with E-state index in [0.29, 0.717) is 27.9 Å². The fraction of sp³-hybridized carbons (Fsp3) is 0.364. The first kappa shape index (κ1) is 13.5. The zero-order valence-electron chi connectivity index (χ0n) is 11.1. The molecule has 0 aliphatic heterocycles. The van der Waals surface area contributed by atoms with Crippen molar-refractivity contribution in [2.75, 3.05) is 11.6 Å². The van der Waals surface area contributed by atoms with Crippen molar-refractivity contribution in [2.24, 2.45) is 0 Å². The lowest BCUT2D eigenvalue weighted by atomic mass is 10.2. The number of H-pyrrole nitrogens is 1. The predicted octanol–water partition coefficient (Wildman–Crippen LogP) is 1.49. The van der Waals surface area contributed by atoms with E-state index in [1.807, 2.05) is 6.26 Å². The third-order valence-electron chi connectivity index (χ3n) is 2.41. The topological polar surface area (TPSA) is 96.5 Å². The summed E-state index contributed by atoms with van der Waals surface area (Å²) in [6.07, 6.45) is 1.87. The van der Waals surface area contributed by atoms with Gasteiger partial charge < -0.3 is 0 Å². The Labute approximate surface area is 114 Å². The molecule has 7 nitrogen and oxygen atoms in total. The van der Waals surface area contributed by atoms with E-state index in [0.717, 1.165) is 0 Å². The lowest BCUT2D eigenvalue weighted by molar-refractivity contribution is 0.102. The largest absolute Gasteiger partial charge is 0.289 e. The number of aromatic amines is 1. The van der Waals surface area contributed by atoms with Gasteiger partial charge in [-0.3, -0.25) is 15.2 Å². The van der Waals surface area contributed by atoms with E-state index < -0.39 is 0 Å². The molecule has 1 amide bonds. The maximum absolute atomic E-state index is 12.2. The molecule has 2 aromatic heterocycles. The van der Waals surface area contributed by atoms with Crippen molar-refractivity contribution in [3.63, 3.8) is 0 Å². The maximum Gasteiger partial charge on any atom is 0.262 e. The summed E-state index contributed by atoms with van der Waals surface area (Å²) in [5, 5.41) is 9.81. The van der Waals surface area contributed by atoms with Crippen molar-refractivity contribution in [1.82, 2.24) is 25.1 Å². The number of amides is 1. The molecule has 0 fully saturated rings. The van der Waals surface area contributed by atoms with Gasteiger partial charge in [-0.15, -0.1) is 16.9 Å². The van der Waals surface area contributed by atoms with Gasteiger partial charge in [0.2, 0.25) is 5.95 Å².